The smallest absolute Gasteiger partial charge is 0.312 e. The van der Waals surface area contributed by atoms with Gasteiger partial charge in [0.2, 0.25) is 0 Å². The summed E-state index contributed by atoms with van der Waals surface area (Å²) >= 11 is 5.49. The summed E-state index contributed by atoms with van der Waals surface area (Å²) in [4.78, 5) is 11.5. The fourth-order valence-electron chi connectivity index (χ4n) is 1.82. The van der Waals surface area contributed by atoms with Gasteiger partial charge in [0.15, 0.2) is 0 Å². The zero-order chi connectivity index (χ0) is 12.6. The number of ether oxygens (including phenoxy) is 1. The molecule has 92 valence electrons. The molecule has 0 amide bonds. The SMILES string of the molecule is CCOC(=O)C1C[C@@]1(F)c1ccc(Br)c(I)c1. The van der Waals surface area contributed by atoms with Crippen LogP contribution in [0.5, 0.6) is 0 Å². The maximum Gasteiger partial charge on any atom is 0.312 e. The average Bonchev–Trinajstić information content (AvgIpc) is 2.97. The molecule has 17 heavy (non-hydrogen) atoms. The monoisotopic (exact) mass is 412 g/mol. The van der Waals surface area contributed by atoms with E-state index in [-0.39, 0.29) is 6.42 Å². The molecule has 1 aromatic carbocycles. The van der Waals surface area contributed by atoms with Gasteiger partial charge in [-0.3, -0.25) is 4.79 Å². The van der Waals surface area contributed by atoms with Crippen molar-refractivity contribution < 1.29 is 13.9 Å². The van der Waals surface area contributed by atoms with E-state index in [0.29, 0.717) is 12.2 Å². The Morgan fingerprint density at radius 2 is 2.41 bits per heavy atom. The van der Waals surface area contributed by atoms with E-state index in [1.54, 1.807) is 25.1 Å². The molecule has 0 radical (unpaired) electrons. The second-order valence-corrected chi connectivity index (χ2v) is 6.02. The molecule has 1 saturated carbocycles. The molecule has 1 aromatic rings. The number of rotatable bonds is 3. The van der Waals surface area contributed by atoms with Gasteiger partial charge in [-0.1, -0.05) is 6.07 Å². The lowest BCUT2D eigenvalue weighted by atomic mass is 10.1. The number of benzene rings is 1. The maximum atomic E-state index is 14.5. The largest absolute Gasteiger partial charge is 0.466 e. The summed E-state index contributed by atoms with van der Waals surface area (Å²) in [6.45, 7) is 2.02. The zero-order valence-electron chi connectivity index (χ0n) is 9.17. The quantitative estimate of drug-likeness (QED) is 0.557. The molecule has 2 rings (SSSR count). The Balaban J connectivity index is 2.19. The van der Waals surface area contributed by atoms with Gasteiger partial charge in [0, 0.05) is 14.5 Å². The van der Waals surface area contributed by atoms with Gasteiger partial charge in [0.1, 0.15) is 5.67 Å². The van der Waals surface area contributed by atoms with Crippen LogP contribution in [0.25, 0.3) is 0 Å². The summed E-state index contributed by atoms with van der Waals surface area (Å²) in [5.41, 5.74) is -0.976. The lowest BCUT2D eigenvalue weighted by molar-refractivity contribution is -0.145. The second-order valence-electron chi connectivity index (χ2n) is 4.00. The van der Waals surface area contributed by atoms with Crippen LogP contribution in [0.15, 0.2) is 22.7 Å². The summed E-state index contributed by atoms with van der Waals surface area (Å²) in [5.74, 6) is -1.08. The molecule has 0 aliphatic heterocycles. The number of hydrogen-bond donors (Lipinski definition) is 0. The lowest BCUT2D eigenvalue weighted by Gasteiger charge is -2.09. The van der Waals surface area contributed by atoms with E-state index in [1.807, 2.05) is 0 Å². The first-order valence-corrected chi connectivity index (χ1v) is 7.17. The van der Waals surface area contributed by atoms with Crippen LogP contribution in [0.2, 0.25) is 0 Å². The number of carbonyl (C=O) groups is 1. The van der Waals surface area contributed by atoms with E-state index >= 15 is 0 Å². The van der Waals surface area contributed by atoms with Gasteiger partial charge in [-0.05, 0) is 63.1 Å². The van der Waals surface area contributed by atoms with Gasteiger partial charge < -0.3 is 4.74 Å². The highest BCUT2D eigenvalue weighted by Crippen LogP contribution is 2.56. The molecule has 2 atom stereocenters. The van der Waals surface area contributed by atoms with E-state index < -0.39 is 17.6 Å². The highest BCUT2D eigenvalue weighted by molar-refractivity contribution is 14.1. The summed E-state index contributed by atoms with van der Waals surface area (Å²) in [5, 5.41) is 0. The molecule has 1 fully saturated rings. The Hall–Kier alpha value is -0.170. The minimum absolute atomic E-state index is 0.226. The lowest BCUT2D eigenvalue weighted by Crippen LogP contribution is -2.13. The van der Waals surface area contributed by atoms with Gasteiger partial charge in [0.25, 0.3) is 0 Å². The van der Waals surface area contributed by atoms with Crippen molar-refractivity contribution in [3.05, 3.63) is 31.8 Å². The van der Waals surface area contributed by atoms with Crippen LogP contribution in [0.4, 0.5) is 4.39 Å². The van der Waals surface area contributed by atoms with Crippen LogP contribution in [-0.2, 0) is 15.2 Å². The number of hydrogen-bond acceptors (Lipinski definition) is 2. The topological polar surface area (TPSA) is 26.3 Å². The van der Waals surface area contributed by atoms with Gasteiger partial charge >= 0.3 is 5.97 Å². The maximum absolute atomic E-state index is 14.5. The summed E-state index contributed by atoms with van der Waals surface area (Å²) in [7, 11) is 0. The zero-order valence-corrected chi connectivity index (χ0v) is 12.9. The highest BCUT2D eigenvalue weighted by atomic mass is 127. The minimum atomic E-state index is -1.53. The molecule has 2 nitrogen and oxygen atoms in total. The molecule has 0 spiro atoms. The molecular weight excluding hydrogens is 402 g/mol. The second kappa shape index (κ2) is 4.84. The van der Waals surface area contributed by atoms with Crippen LogP contribution >= 0.6 is 38.5 Å². The molecule has 1 unspecified atom stereocenters. The number of carbonyl (C=O) groups excluding carboxylic acids is 1. The van der Waals surface area contributed by atoms with E-state index in [1.165, 1.54) is 0 Å². The third-order valence-electron chi connectivity index (χ3n) is 2.86. The van der Waals surface area contributed by atoms with Crippen molar-refractivity contribution in [2.24, 2.45) is 5.92 Å². The Kier molecular flexibility index (Phi) is 3.77. The number of alkyl halides is 1. The Labute approximate surface area is 121 Å². The van der Waals surface area contributed by atoms with Crippen LogP contribution in [-0.4, -0.2) is 12.6 Å². The summed E-state index contributed by atoms with van der Waals surface area (Å²) in [6.07, 6.45) is 0.226. The molecule has 0 heterocycles. The fraction of sp³-hybridized carbons (Fsp3) is 0.417. The number of esters is 1. The van der Waals surface area contributed by atoms with Crippen molar-refractivity contribution in [3.63, 3.8) is 0 Å². The fourth-order valence-corrected chi connectivity index (χ4v) is 2.59. The van der Waals surface area contributed by atoms with E-state index in [4.69, 9.17) is 4.74 Å². The molecule has 0 saturated heterocycles. The average molecular weight is 413 g/mol. The third-order valence-corrected chi connectivity index (χ3v) is 5.19. The number of halogens is 3. The Bertz CT molecular complexity index is 466. The normalized spacial score (nSPS) is 26.7. The van der Waals surface area contributed by atoms with Gasteiger partial charge in [-0.2, -0.15) is 0 Å². The van der Waals surface area contributed by atoms with E-state index in [2.05, 4.69) is 38.5 Å². The van der Waals surface area contributed by atoms with E-state index in [0.717, 1.165) is 8.04 Å². The standard InChI is InChI=1S/C12H11BrFIO2/c1-2-17-11(16)8-6-12(8,14)7-3-4-9(13)10(15)5-7/h3-5,8H,2,6H2,1H3/t8?,12-/m1/s1. The molecule has 1 aliphatic rings. The first-order chi connectivity index (χ1) is 7.99. The van der Waals surface area contributed by atoms with E-state index in [9.17, 15) is 9.18 Å². The molecular formula is C12H11BrFIO2. The first kappa shape index (κ1) is 13.3. The summed E-state index contributed by atoms with van der Waals surface area (Å²) in [6, 6.07) is 5.29. The molecule has 0 bridgehead atoms. The Morgan fingerprint density at radius 1 is 1.71 bits per heavy atom. The van der Waals surface area contributed by atoms with Crippen LogP contribution in [0.1, 0.15) is 18.9 Å². The van der Waals surface area contributed by atoms with Gasteiger partial charge in [-0.25, -0.2) is 4.39 Å². The minimum Gasteiger partial charge on any atom is -0.466 e. The van der Waals surface area contributed by atoms with Crippen molar-refractivity contribution in [3.8, 4) is 0 Å². The molecule has 0 aromatic heterocycles. The van der Waals surface area contributed by atoms with Crippen LogP contribution < -0.4 is 0 Å². The van der Waals surface area contributed by atoms with Gasteiger partial charge in [0.05, 0.1) is 12.5 Å². The van der Waals surface area contributed by atoms with Crippen LogP contribution in [0.3, 0.4) is 0 Å². The molecule has 0 N–H and O–H groups in total. The summed E-state index contributed by atoms with van der Waals surface area (Å²) < 4.78 is 21.2. The van der Waals surface area contributed by atoms with Crippen molar-refractivity contribution in [1.82, 2.24) is 0 Å². The predicted octanol–water partition coefficient (Wildman–Crippen LogP) is 3.80. The predicted molar refractivity (Wildman–Crippen MR) is 74.4 cm³/mol. The van der Waals surface area contributed by atoms with Crippen molar-refractivity contribution in [2.75, 3.05) is 6.61 Å². The van der Waals surface area contributed by atoms with Crippen LogP contribution in [0, 0.1) is 9.49 Å². The Morgan fingerprint density at radius 3 is 3.00 bits per heavy atom. The van der Waals surface area contributed by atoms with Gasteiger partial charge in [-0.15, -0.1) is 0 Å². The first-order valence-electron chi connectivity index (χ1n) is 5.30. The third kappa shape index (κ3) is 2.50. The highest BCUT2D eigenvalue weighted by Gasteiger charge is 2.61. The van der Waals surface area contributed by atoms with Crippen molar-refractivity contribution in [1.29, 1.82) is 0 Å². The van der Waals surface area contributed by atoms with Crippen molar-refractivity contribution in [2.45, 2.75) is 19.0 Å². The van der Waals surface area contributed by atoms with Crippen molar-refractivity contribution >= 4 is 44.5 Å². The molecule has 5 heteroatoms. The molecule has 1 aliphatic carbocycles.